The van der Waals surface area contributed by atoms with Gasteiger partial charge in [0.15, 0.2) is 0 Å². The van der Waals surface area contributed by atoms with Crippen LogP contribution in [0.25, 0.3) is 0 Å². The number of amides is 1. The molecule has 7 nitrogen and oxygen atoms in total. The van der Waals surface area contributed by atoms with E-state index in [-0.39, 0.29) is 29.7 Å². The molecule has 0 spiro atoms. The van der Waals surface area contributed by atoms with Crippen molar-refractivity contribution >= 4 is 21.6 Å². The molecule has 1 aliphatic heterocycles. The van der Waals surface area contributed by atoms with E-state index in [2.05, 4.69) is 10.0 Å². The quantitative estimate of drug-likeness (QED) is 0.634. The van der Waals surface area contributed by atoms with Crippen LogP contribution in [0.4, 0.5) is 14.5 Å². The fourth-order valence-corrected chi connectivity index (χ4v) is 5.07. The second kappa shape index (κ2) is 10.1. The lowest BCUT2D eigenvalue weighted by molar-refractivity contribution is -0.00539. The van der Waals surface area contributed by atoms with E-state index in [0.29, 0.717) is 24.3 Å². The molecule has 33 heavy (non-hydrogen) atoms. The smallest absolute Gasteiger partial charge is 0.254 e. The van der Waals surface area contributed by atoms with E-state index in [0.717, 1.165) is 18.2 Å². The van der Waals surface area contributed by atoms with Crippen molar-refractivity contribution in [3.05, 3.63) is 59.2 Å². The lowest BCUT2D eigenvalue weighted by Gasteiger charge is -2.37. The number of hydrogen-bond donors (Lipinski definition) is 2. The van der Waals surface area contributed by atoms with Gasteiger partial charge in [0.1, 0.15) is 11.6 Å². The number of morpholine rings is 1. The van der Waals surface area contributed by atoms with Crippen molar-refractivity contribution in [2.45, 2.75) is 57.4 Å². The van der Waals surface area contributed by atoms with Gasteiger partial charge >= 0.3 is 0 Å². The molecule has 1 amide bonds. The predicted molar refractivity (Wildman–Crippen MR) is 122 cm³/mol. The van der Waals surface area contributed by atoms with Crippen LogP contribution < -0.4 is 14.9 Å². The highest BCUT2D eigenvalue weighted by Crippen LogP contribution is 2.24. The maximum absolute atomic E-state index is 14.8. The molecule has 0 bridgehead atoms. The molecule has 2 N–H and O–H groups in total. The van der Waals surface area contributed by atoms with Gasteiger partial charge in [0.2, 0.25) is 10.0 Å². The minimum Gasteiger partial charge on any atom is -0.372 e. The van der Waals surface area contributed by atoms with Gasteiger partial charge in [0.05, 0.1) is 28.4 Å². The Morgan fingerprint density at radius 3 is 2.36 bits per heavy atom. The number of nitrogens with zero attached hydrogens (tertiary/aromatic N) is 1. The molecular weight excluding hydrogens is 452 g/mol. The number of halogens is 2. The monoisotopic (exact) mass is 481 g/mol. The van der Waals surface area contributed by atoms with E-state index in [4.69, 9.17) is 4.74 Å². The van der Waals surface area contributed by atoms with Gasteiger partial charge in [0.25, 0.3) is 5.91 Å². The summed E-state index contributed by atoms with van der Waals surface area (Å²) >= 11 is 0. The molecular formula is C23H29F2N3O4S. The van der Waals surface area contributed by atoms with Crippen molar-refractivity contribution in [2.24, 2.45) is 0 Å². The Morgan fingerprint density at radius 1 is 1.09 bits per heavy atom. The standard InChI is InChI=1S/C23H29F2N3O4S/c1-14(2)27-33(30,31)18-6-7-20(24)19(10-18)23(29)26-11-17-5-8-22(21(25)9-17)28-12-15(3)32-16(4)13-28/h5-10,14-16,27H,11-13H2,1-4H3,(H,26,29). The van der Waals surface area contributed by atoms with Gasteiger partial charge in [-0.05, 0) is 63.6 Å². The zero-order valence-electron chi connectivity index (χ0n) is 19.1. The van der Waals surface area contributed by atoms with Crippen molar-refractivity contribution in [3.8, 4) is 0 Å². The van der Waals surface area contributed by atoms with Crippen LogP contribution in [0, 0.1) is 11.6 Å². The number of nitrogens with one attached hydrogen (secondary N) is 2. The number of rotatable bonds is 7. The van der Waals surface area contributed by atoms with Gasteiger partial charge in [-0.2, -0.15) is 0 Å². The van der Waals surface area contributed by atoms with E-state index in [1.54, 1.807) is 26.0 Å². The summed E-state index contributed by atoms with van der Waals surface area (Å²) in [5.41, 5.74) is 0.535. The molecule has 2 aromatic rings. The normalized spacial score (nSPS) is 19.1. The van der Waals surface area contributed by atoms with Crippen LogP contribution in [0.3, 0.4) is 0 Å². The van der Waals surface area contributed by atoms with E-state index in [1.165, 1.54) is 6.07 Å². The zero-order valence-corrected chi connectivity index (χ0v) is 19.9. The number of hydrogen-bond acceptors (Lipinski definition) is 5. The second-order valence-corrected chi connectivity index (χ2v) is 10.3. The van der Waals surface area contributed by atoms with Crippen molar-refractivity contribution in [1.29, 1.82) is 0 Å². The molecule has 0 aliphatic carbocycles. The first-order valence-corrected chi connectivity index (χ1v) is 12.2. The Balaban J connectivity index is 1.71. The van der Waals surface area contributed by atoms with Crippen molar-refractivity contribution in [2.75, 3.05) is 18.0 Å². The molecule has 0 aromatic heterocycles. The minimum atomic E-state index is -3.89. The van der Waals surface area contributed by atoms with Gasteiger partial charge < -0.3 is 15.0 Å². The summed E-state index contributed by atoms with van der Waals surface area (Å²) in [5.74, 6) is -2.08. The first-order valence-electron chi connectivity index (χ1n) is 10.7. The molecule has 2 aromatic carbocycles. The average Bonchev–Trinajstić information content (AvgIpc) is 2.70. The maximum atomic E-state index is 14.8. The van der Waals surface area contributed by atoms with Crippen LogP contribution in [0.5, 0.6) is 0 Å². The van der Waals surface area contributed by atoms with Gasteiger partial charge in [-0.3, -0.25) is 4.79 Å². The fraction of sp³-hybridized carbons (Fsp3) is 0.435. The summed E-state index contributed by atoms with van der Waals surface area (Å²) in [6, 6.07) is 7.31. The highest BCUT2D eigenvalue weighted by atomic mass is 32.2. The highest BCUT2D eigenvalue weighted by Gasteiger charge is 2.24. The Kier molecular flexibility index (Phi) is 7.71. The molecule has 2 atom stereocenters. The molecule has 1 fully saturated rings. The number of carbonyl (C=O) groups is 1. The predicted octanol–water partition coefficient (Wildman–Crippen LogP) is 3.20. The van der Waals surface area contributed by atoms with Crippen LogP contribution in [-0.4, -0.2) is 45.7 Å². The summed E-state index contributed by atoms with van der Waals surface area (Å²) in [7, 11) is -3.89. The Morgan fingerprint density at radius 2 is 1.76 bits per heavy atom. The van der Waals surface area contributed by atoms with Crippen LogP contribution in [0.2, 0.25) is 0 Å². The third-order valence-corrected chi connectivity index (χ3v) is 6.77. The fourth-order valence-electron chi connectivity index (χ4n) is 3.79. The van der Waals surface area contributed by atoms with E-state index >= 15 is 0 Å². The molecule has 1 saturated heterocycles. The van der Waals surface area contributed by atoms with Gasteiger partial charge in [-0.1, -0.05) is 6.07 Å². The van der Waals surface area contributed by atoms with Gasteiger partial charge in [0, 0.05) is 25.7 Å². The second-order valence-electron chi connectivity index (χ2n) is 8.55. The number of sulfonamides is 1. The molecule has 10 heteroatoms. The molecule has 0 saturated carbocycles. The van der Waals surface area contributed by atoms with Crippen LogP contribution in [-0.2, 0) is 21.3 Å². The average molecular weight is 482 g/mol. The van der Waals surface area contributed by atoms with Gasteiger partial charge in [-0.15, -0.1) is 0 Å². The van der Waals surface area contributed by atoms with E-state index in [9.17, 15) is 22.0 Å². The number of ether oxygens (including phenoxy) is 1. The summed E-state index contributed by atoms with van der Waals surface area (Å²) in [6.07, 6.45) is -0.0327. The molecule has 0 radical (unpaired) electrons. The first kappa shape index (κ1) is 25.1. The number of benzene rings is 2. The molecule has 180 valence electrons. The number of anilines is 1. The molecule has 2 unspecified atom stereocenters. The summed E-state index contributed by atoms with van der Waals surface area (Å²) in [6.45, 7) is 8.26. The molecule has 1 heterocycles. The number of carbonyl (C=O) groups excluding carboxylic acids is 1. The molecule has 1 aliphatic rings. The maximum Gasteiger partial charge on any atom is 0.254 e. The summed E-state index contributed by atoms with van der Waals surface area (Å²) in [4.78, 5) is 14.2. The van der Waals surface area contributed by atoms with E-state index < -0.39 is 33.1 Å². The Hall–Kier alpha value is -2.56. The van der Waals surface area contributed by atoms with Gasteiger partial charge in [-0.25, -0.2) is 21.9 Å². The topological polar surface area (TPSA) is 87.7 Å². The van der Waals surface area contributed by atoms with Crippen LogP contribution >= 0.6 is 0 Å². The van der Waals surface area contributed by atoms with Crippen LogP contribution in [0.1, 0.15) is 43.6 Å². The summed E-state index contributed by atoms with van der Waals surface area (Å²) in [5, 5.41) is 2.52. The molecule has 3 rings (SSSR count). The van der Waals surface area contributed by atoms with Crippen LogP contribution in [0.15, 0.2) is 41.3 Å². The lowest BCUT2D eigenvalue weighted by atomic mass is 10.1. The zero-order chi connectivity index (χ0) is 24.3. The first-order chi connectivity index (χ1) is 15.5. The van der Waals surface area contributed by atoms with Crippen molar-refractivity contribution < 1.29 is 26.7 Å². The minimum absolute atomic E-state index is 0.0164. The lowest BCUT2D eigenvalue weighted by Crippen LogP contribution is -2.45. The third kappa shape index (κ3) is 6.27. The Labute approximate surface area is 193 Å². The summed E-state index contributed by atoms with van der Waals surface area (Å²) < 4.78 is 61.7. The van der Waals surface area contributed by atoms with E-state index in [1.807, 2.05) is 18.7 Å². The Bertz CT molecular complexity index is 1110. The SMILES string of the molecule is CC(C)NS(=O)(=O)c1ccc(F)c(C(=O)NCc2ccc(N3CC(C)OC(C)C3)c(F)c2)c1. The highest BCUT2D eigenvalue weighted by molar-refractivity contribution is 7.89. The third-order valence-electron chi connectivity index (χ3n) is 5.11. The largest absolute Gasteiger partial charge is 0.372 e. The van der Waals surface area contributed by atoms with Crippen molar-refractivity contribution in [1.82, 2.24) is 10.0 Å². The van der Waals surface area contributed by atoms with Crippen molar-refractivity contribution in [3.63, 3.8) is 0 Å².